The van der Waals surface area contributed by atoms with Gasteiger partial charge in [-0.2, -0.15) is 0 Å². The summed E-state index contributed by atoms with van der Waals surface area (Å²) in [4.78, 5) is 13.5. The second kappa shape index (κ2) is 6.92. The zero-order valence-electron chi connectivity index (χ0n) is 14.8. The van der Waals surface area contributed by atoms with E-state index >= 15 is 0 Å². The van der Waals surface area contributed by atoms with Crippen LogP contribution in [0.4, 0.5) is 5.69 Å². The van der Waals surface area contributed by atoms with Crippen molar-refractivity contribution in [1.82, 2.24) is 4.90 Å². The average molecular weight is 346 g/mol. The minimum absolute atomic E-state index is 0.133. The Balaban J connectivity index is 1.63. The molecule has 0 bridgehead atoms. The molecule has 0 radical (unpaired) electrons. The molecule has 0 aromatic heterocycles. The highest BCUT2D eigenvalue weighted by atomic mass is 16.7. The Hall–Kier alpha value is -1.66. The van der Waals surface area contributed by atoms with Crippen LogP contribution in [0.5, 0.6) is 5.75 Å². The summed E-state index contributed by atoms with van der Waals surface area (Å²) < 4.78 is 11.0. The van der Waals surface area contributed by atoms with E-state index in [9.17, 15) is 10.1 Å². The number of rotatable bonds is 3. The first-order chi connectivity index (χ1) is 12.1. The van der Waals surface area contributed by atoms with E-state index < -0.39 is 0 Å². The van der Waals surface area contributed by atoms with Crippen LogP contribution < -0.4 is 4.74 Å². The Kier molecular flexibility index (Phi) is 4.65. The van der Waals surface area contributed by atoms with Crippen LogP contribution in [0.3, 0.4) is 0 Å². The zero-order chi connectivity index (χ0) is 17.4. The maximum atomic E-state index is 11.3. The molecule has 3 atom stereocenters. The van der Waals surface area contributed by atoms with Crippen molar-refractivity contribution in [3.05, 3.63) is 33.4 Å². The van der Waals surface area contributed by atoms with E-state index in [1.807, 2.05) is 0 Å². The van der Waals surface area contributed by atoms with Crippen LogP contribution in [0, 0.1) is 22.0 Å². The van der Waals surface area contributed by atoms with Gasteiger partial charge >= 0.3 is 0 Å². The molecule has 6 nitrogen and oxygen atoms in total. The first-order valence-electron chi connectivity index (χ1n) is 9.38. The molecule has 0 unspecified atom stereocenters. The summed E-state index contributed by atoms with van der Waals surface area (Å²) >= 11 is 0. The molecule has 136 valence electrons. The lowest BCUT2D eigenvalue weighted by molar-refractivity contribution is -0.385. The van der Waals surface area contributed by atoms with Crippen molar-refractivity contribution in [2.45, 2.75) is 58.2 Å². The maximum absolute atomic E-state index is 11.3. The third kappa shape index (κ3) is 3.25. The number of nitro groups is 1. The van der Waals surface area contributed by atoms with Gasteiger partial charge < -0.3 is 9.47 Å². The third-order valence-electron chi connectivity index (χ3n) is 6.21. The minimum Gasteiger partial charge on any atom is -0.467 e. The predicted octanol–water partition coefficient (Wildman–Crippen LogP) is 3.86. The van der Waals surface area contributed by atoms with Crippen molar-refractivity contribution in [2.24, 2.45) is 11.8 Å². The van der Waals surface area contributed by atoms with Gasteiger partial charge in [0.15, 0.2) is 6.79 Å². The van der Waals surface area contributed by atoms with Gasteiger partial charge in [-0.3, -0.25) is 15.0 Å². The van der Waals surface area contributed by atoms with Crippen LogP contribution in [0.2, 0.25) is 0 Å². The molecule has 1 aliphatic carbocycles. The molecule has 1 saturated carbocycles. The van der Waals surface area contributed by atoms with Gasteiger partial charge in [-0.05, 0) is 37.6 Å². The first-order valence-corrected chi connectivity index (χ1v) is 9.38. The summed E-state index contributed by atoms with van der Waals surface area (Å²) in [5.74, 6) is 2.34. The van der Waals surface area contributed by atoms with E-state index in [-0.39, 0.29) is 17.4 Å². The molecule has 2 aliphatic heterocycles. The number of benzene rings is 1. The number of ether oxygens (including phenoxy) is 2. The molecule has 4 rings (SSSR count). The topological polar surface area (TPSA) is 64.8 Å². The maximum Gasteiger partial charge on any atom is 0.270 e. The van der Waals surface area contributed by atoms with Crippen molar-refractivity contribution in [3.8, 4) is 5.75 Å². The Morgan fingerprint density at radius 2 is 2.12 bits per heavy atom. The van der Waals surface area contributed by atoms with Gasteiger partial charge in [0.2, 0.25) is 0 Å². The largest absolute Gasteiger partial charge is 0.467 e. The first kappa shape index (κ1) is 16.8. The number of hydrogen-bond donors (Lipinski definition) is 0. The lowest BCUT2D eigenvalue weighted by atomic mass is 9.72. The van der Waals surface area contributed by atoms with Gasteiger partial charge in [0.1, 0.15) is 5.75 Å². The fourth-order valence-corrected chi connectivity index (χ4v) is 4.93. The van der Waals surface area contributed by atoms with Crippen LogP contribution in [-0.4, -0.2) is 29.2 Å². The monoisotopic (exact) mass is 346 g/mol. The van der Waals surface area contributed by atoms with Gasteiger partial charge in [-0.25, -0.2) is 0 Å². The minimum atomic E-state index is -0.319. The van der Waals surface area contributed by atoms with Gasteiger partial charge in [0.05, 0.1) is 11.5 Å². The third-order valence-corrected chi connectivity index (χ3v) is 6.21. The molecule has 2 fully saturated rings. The normalized spacial score (nSPS) is 29.4. The molecule has 3 aliphatic rings. The highest BCUT2D eigenvalue weighted by molar-refractivity contribution is 5.50. The lowest BCUT2D eigenvalue weighted by Gasteiger charge is -2.47. The molecule has 25 heavy (non-hydrogen) atoms. The second-order valence-corrected chi connectivity index (χ2v) is 7.71. The summed E-state index contributed by atoms with van der Waals surface area (Å²) in [7, 11) is 0. The van der Waals surface area contributed by atoms with Crippen LogP contribution in [-0.2, 0) is 17.9 Å². The molecule has 1 aromatic carbocycles. The summed E-state index contributed by atoms with van der Waals surface area (Å²) in [5.41, 5.74) is 1.86. The van der Waals surface area contributed by atoms with Gasteiger partial charge in [-0.15, -0.1) is 0 Å². The fraction of sp³-hybridized carbons (Fsp3) is 0.684. The summed E-state index contributed by atoms with van der Waals surface area (Å²) in [6.07, 6.45) is 6.41. The van der Waals surface area contributed by atoms with E-state index in [2.05, 4.69) is 11.8 Å². The highest BCUT2D eigenvalue weighted by Gasteiger charge is 2.37. The zero-order valence-corrected chi connectivity index (χ0v) is 14.8. The van der Waals surface area contributed by atoms with Crippen LogP contribution in [0.25, 0.3) is 0 Å². The number of fused-ring (bicyclic) bond motifs is 2. The number of nitro benzene ring substituents is 1. The molecule has 0 amide bonds. The Morgan fingerprint density at radius 3 is 2.96 bits per heavy atom. The molecule has 1 saturated heterocycles. The molecule has 1 aromatic rings. The highest BCUT2D eigenvalue weighted by Crippen LogP contribution is 2.41. The van der Waals surface area contributed by atoms with Crippen molar-refractivity contribution in [2.75, 3.05) is 13.3 Å². The van der Waals surface area contributed by atoms with E-state index in [4.69, 9.17) is 9.47 Å². The van der Waals surface area contributed by atoms with Crippen LogP contribution in [0.15, 0.2) is 12.1 Å². The number of nitrogens with zero attached hydrogens (tertiary/aromatic N) is 2. The summed E-state index contributed by atoms with van der Waals surface area (Å²) in [6, 6.07) is 3.88. The smallest absolute Gasteiger partial charge is 0.270 e. The number of hydrogen-bond acceptors (Lipinski definition) is 5. The fourth-order valence-electron chi connectivity index (χ4n) is 4.93. The van der Waals surface area contributed by atoms with Crippen molar-refractivity contribution >= 4 is 5.69 Å². The van der Waals surface area contributed by atoms with E-state index in [0.29, 0.717) is 12.6 Å². The van der Waals surface area contributed by atoms with E-state index in [0.717, 1.165) is 41.8 Å². The summed E-state index contributed by atoms with van der Waals surface area (Å²) in [6.45, 7) is 4.79. The van der Waals surface area contributed by atoms with Crippen molar-refractivity contribution in [3.63, 3.8) is 0 Å². The Labute approximate surface area is 148 Å². The molecule has 2 heterocycles. The Bertz CT molecular complexity index is 663. The van der Waals surface area contributed by atoms with Crippen LogP contribution in [0.1, 0.15) is 50.2 Å². The number of likely N-dealkylation sites (tertiary alicyclic amines) is 1. The lowest BCUT2D eigenvalue weighted by Crippen LogP contribution is -2.49. The second-order valence-electron chi connectivity index (χ2n) is 7.71. The van der Waals surface area contributed by atoms with Gasteiger partial charge in [-0.1, -0.05) is 19.8 Å². The van der Waals surface area contributed by atoms with E-state index in [1.54, 1.807) is 12.1 Å². The average Bonchev–Trinajstić information content (AvgIpc) is 2.64. The molecule has 0 N–H and O–H groups in total. The summed E-state index contributed by atoms with van der Waals surface area (Å²) in [5, 5.41) is 11.3. The number of piperidine rings is 1. The molecule has 0 spiro atoms. The number of non-ortho nitro benzene ring substituents is 1. The standard InChI is InChI=1S/C19H26N2O4/c1-13-6-7-20(18-5-3-2-4-17(13)18)10-14-8-16(21(22)23)9-15-11-24-12-25-19(14)15/h8-9,13,17-18H,2-7,10-12H2,1H3/t13-,17-,18-/m1/s1. The molecule has 6 heteroatoms. The quantitative estimate of drug-likeness (QED) is 0.614. The van der Waals surface area contributed by atoms with Gasteiger partial charge in [0, 0.05) is 35.8 Å². The van der Waals surface area contributed by atoms with Crippen molar-refractivity contribution < 1.29 is 14.4 Å². The predicted molar refractivity (Wildman–Crippen MR) is 93.3 cm³/mol. The van der Waals surface area contributed by atoms with Crippen molar-refractivity contribution in [1.29, 1.82) is 0 Å². The SMILES string of the molecule is C[C@@H]1CCN(Cc2cc([N+](=O)[O-])cc3c2OCOC3)[C@@H]2CCCC[C@H]12. The molecular formula is C19H26N2O4. The Morgan fingerprint density at radius 1 is 1.28 bits per heavy atom. The van der Waals surface area contributed by atoms with E-state index in [1.165, 1.54) is 32.1 Å². The van der Waals surface area contributed by atoms with Gasteiger partial charge in [0.25, 0.3) is 5.69 Å². The van der Waals surface area contributed by atoms with Crippen LogP contribution >= 0.6 is 0 Å². The molecular weight excluding hydrogens is 320 g/mol.